The number of phenolic OH excluding ortho intramolecular Hbond substituents is 1. The van der Waals surface area contributed by atoms with Gasteiger partial charge in [0.25, 0.3) is 0 Å². The van der Waals surface area contributed by atoms with Crippen LogP contribution in [-0.4, -0.2) is 91.7 Å². The molecule has 1 aliphatic heterocycles. The number of carboxylic acids is 3. The second-order valence-electron chi connectivity index (χ2n) is 8.66. The Labute approximate surface area is 211 Å². The monoisotopic (exact) mass is 522 g/mol. The molecule has 4 unspecified atom stereocenters. The molecule has 4 atom stereocenters. The zero-order valence-corrected chi connectivity index (χ0v) is 19.8. The van der Waals surface area contributed by atoms with Crippen molar-refractivity contribution in [2.24, 2.45) is 5.73 Å². The highest BCUT2D eigenvalue weighted by molar-refractivity contribution is 5.95. The third-order valence-corrected chi connectivity index (χ3v) is 5.82. The number of hydrogen-bond acceptors (Lipinski definition) is 8. The molecule has 0 bridgehead atoms. The maximum atomic E-state index is 13.5. The highest BCUT2D eigenvalue weighted by Gasteiger charge is 2.39. The lowest BCUT2D eigenvalue weighted by Gasteiger charge is -2.30. The van der Waals surface area contributed by atoms with Gasteiger partial charge < -0.3 is 41.7 Å². The van der Waals surface area contributed by atoms with Gasteiger partial charge in [-0.15, -0.1) is 0 Å². The van der Waals surface area contributed by atoms with Crippen LogP contribution >= 0.6 is 0 Å². The second kappa shape index (κ2) is 13.2. The van der Waals surface area contributed by atoms with Gasteiger partial charge in [-0.2, -0.15) is 0 Å². The minimum atomic E-state index is -1.47. The van der Waals surface area contributed by atoms with Gasteiger partial charge in [0.05, 0.1) is 12.5 Å². The van der Waals surface area contributed by atoms with E-state index in [0.29, 0.717) is 12.0 Å². The molecule has 1 aromatic carbocycles. The molecule has 8 N–H and O–H groups in total. The van der Waals surface area contributed by atoms with Crippen LogP contribution < -0.4 is 16.4 Å². The van der Waals surface area contributed by atoms with Gasteiger partial charge in [-0.05, 0) is 37.0 Å². The molecule has 0 radical (unpaired) electrons. The Hall–Kier alpha value is -4.20. The quantitative estimate of drug-likeness (QED) is 0.160. The highest BCUT2D eigenvalue weighted by Crippen LogP contribution is 2.21. The second-order valence-corrected chi connectivity index (χ2v) is 8.66. The predicted molar refractivity (Wildman–Crippen MR) is 125 cm³/mol. The zero-order valence-electron chi connectivity index (χ0n) is 19.8. The van der Waals surface area contributed by atoms with Crippen molar-refractivity contribution in [3.63, 3.8) is 0 Å². The molecule has 14 nitrogen and oxygen atoms in total. The summed E-state index contributed by atoms with van der Waals surface area (Å²) >= 11 is 0. The summed E-state index contributed by atoms with van der Waals surface area (Å²) < 4.78 is 0. The number of phenols is 1. The molecule has 1 aliphatic rings. The number of nitrogens with two attached hydrogens (primary N) is 1. The Kier molecular flexibility index (Phi) is 10.4. The lowest BCUT2D eigenvalue weighted by atomic mass is 10.0. The first-order chi connectivity index (χ1) is 17.4. The number of carbonyl (C=O) groups excluding carboxylic acids is 3. The number of benzene rings is 1. The Morgan fingerprint density at radius 1 is 0.973 bits per heavy atom. The molecule has 1 fully saturated rings. The minimum Gasteiger partial charge on any atom is -0.508 e. The van der Waals surface area contributed by atoms with Crippen LogP contribution in [0.5, 0.6) is 5.75 Å². The minimum absolute atomic E-state index is 0.0219. The summed E-state index contributed by atoms with van der Waals surface area (Å²) in [5, 5.41) is 41.3. The number of carbonyl (C=O) groups is 6. The van der Waals surface area contributed by atoms with E-state index in [9.17, 15) is 39.0 Å². The third kappa shape index (κ3) is 8.75. The van der Waals surface area contributed by atoms with Crippen LogP contribution in [0.15, 0.2) is 24.3 Å². The number of rotatable bonds is 13. The lowest BCUT2D eigenvalue weighted by Crippen LogP contribution is -2.57. The fourth-order valence-electron chi connectivity index (χ4n) is 3.92. The maximum absolute atomic E-state index is 13.5. The van der Waals surface area contributed by atoms with Gasteiger partial charge in [0.15, 0.2) is 0 Å². The molecule has 14 heteroatoms. The van der Waals surface area contributed by atoms with E-state index >= 15 is 0 Å². The van der Waals surface area contributed by atoms with Crippen molar-refractivity contribution in [2.75, 3.05) is 6.54 Å². The zero-order chi connectivity index (χ0) is 27.7. The van der Waals surface area contributed by atoms with Crippen molar-refractivity contribution in [1.82, 2.24) is 15.5 Å². The number of amides is 3. The van der Waals surface area contributed by atoms with Crippen LogP contribution in [0.1, 0.15) is 37.7 Å². The Bertz CT molecular complexity index is 1030. The lowest BCUT2D eigenvalue weighted by molar-refractivity contribution is -0.145. The molecule has 202 valence electrons. The van der Waals surface area contributed by atoms with Crippen LogP contribution in [-0.2, 0) is 35.2 Å². The van der Waals surface area contributed by atoms with E-state index in [0.717, 1.165) is 0 Å². The molecule has 0 spiro atoms. The predicted octanol–water partition coefficient (Wildman–Crippen LogP) is -1.35. The van der Waals surface area contributed by atoms with Crippen LogP contribution in [0, 0.1) is 0 Å². The molecule has 1 saturated heterocycles. The Balaban J connectivity index is 2.22. The van der Waals surface area contributed by atoms with E-state index in [2.05, 4.69) is 10.6 Å². The first kappa shape index (κ1) is 29.0. The summed E-state index contributed by atoms with van der Waals surface area (Å²) in [5.74, 6) is -6.32. The number of nitrogens with zero attached hydrogens (tertiary/aromatic N) is 1. The molecular weight excluding hydrogens is 492 g/mol. The van der Waals surface area contributed by atoms with E-state index in [1.54, 1.807) is 0 Å². The molecule has 0 aromatic heterocycles. The summed E-state index contributed by atoms with van der Waals surface area (Å²) in [6.07, 6.45) is -0.949. The molecule has 3 amide bonds. The third-order valence-electron chi connectivity index (χ3n) is 5.82. The van der Waals surface area contributed by atoms with Crippen molar-refractivity contribution in [3.8, 4) is 5.75 Å². The Morgan fingerprint density at radius 3 is 2.19 bits per heavy atom. The largest absolute Gasteiger partial charge is 0.508 e. The topological polar surface area (TPSA) is 237 Å². The number of aromatic hydroxyl groups is 1. The van der Waals surface area contributed by atoms with Gasteiger partial charge in [-0.3, -0.25) is 24.0 Å². The average Bonchev–Trinajstić information content (AvgIpc) is 3.31. The molecule has 1 heterocycles. The van der Waals surface area contributed by atoms with Gasteiger partial charge in [-0.25, -0.2) is 4.79 Å². The first-order valence-electron chi connectivity index (χ1n) is 11.5. The standard InChI is InChI=1S/C23H30N4O10/c24-14(11-19(31)32)20(33)26-16(10-12-3-5-13(28)6-4-12)22(35)27-9-1-2-17(27)21(34)25-15(23(36)37)7-8-18(29)30/h3-6,14-17,28H,1-2,7-11,24H2,(H,25,34)(H,26,33)(H,29,30)(H,31,32)(H,36,37). The summed E-state index contributed by atoms with van der Waals surface area (Å²) in [7, 11) is 0. The van der Waals surface area contributed by atoms with E-state index in [1.807, 2.05) is 0 Å². The Morgan fingerprint density at radius 2 is 1.62 bits per heavy atom. The van der Waals surface area contributed by atoms with E-state index < -0.39 is 72.6 Å². The highest BCUT2D eigenvalue weighted by atomic mass is 16.4. The van der Waals surface area contributed by atoms with E-state index in [1.165, 1.54) is 29.2 Å². The molecule has 37 heavy (non-hydrogen) atoms. The molecule has 0 saturated carbocycles. The molecule has 0 aliphatic carbocycles. The van der Waals surface area contributed by atoms with E-state index in [4.69, 9.17) is 15.9 Å². The summed E-state index contributed by atoms with van der Waals surface area (Å²) in [4.78, 5) is 73.3. The fraction of sp³-hybridized carbons (Fsp3) is 0.478. The SMILES string of the molecule is NC(CC(=O)O)C(=O)NC(Cc1ccc(O)cc1)C(=O)N1CCCC1C(=O)NC(CCC(=O)O)C(=O)O. The summed E-state index contributed by atoms with van der Waals surface area (Å²) in [6.45, 7) is 0.132. The summed E-state index contributed by atoms with van der Waals surface area (Å²) in [5.41, 5.74) is 6.17. The normalized spacial score (nSPS) is 17.3. The van der Waals surface area contributed by atoms with Crippen LogP contribution in [0.4, 0.5) is 0 Å². The first-order valence-corrected chi connectivity index (χ1v) is 11.5. The smallest absolute Gasteiger partial charge is 0.326 e. The van der Waals surface area contributed by atoms with Gasteiger partial charge >= 0.3 is 17.9 Å². The van der Waals surface area contributed by atoms with Crippen molar-refractivity contribution in [3.05, 3.63) is 29.8 Å². The van der Waals surface area contributed by atoms with Gasteiger partial charge in [0, 0.05) is 19.4 Å². The average molecular weight is 523 g/mol. The van der Waals surface area contributed by atoms with Gasteiger partial charge in [-0.1, -0.05) is 12.1 Å². The number of nitrogens with one attached hydrogen (secondary N) is 2. The number of likely N-dealkylation sites (tertiary alicyclic amines) is 1. The molecule has 1 aromatic rings. The van der Waals surface area contributed by atoms with Crippen molar-refractivity contribution < 1.29 is 49.2 Å². The number of carboxylic acid groups (broad SMARTS) is 3. The van der Waals surface area contributed by atoms with Crippen LogP contribution in [0.3, 0.4) is 0 Å². The maximum Gasteiger partial charge on any atom is 0.326 e. The van der Waals surface area contributed by atoms with Gasteiger partial charge in [0.1, 0.15) is 23.9 Å². The fourth-order valence-corrected chi connectivity index (χ4v) is 3.92. The molecule has 2 rings (SSSR count). The van der Waals surface area contributed by atoms with Crippen molar-refractivity contribution in [2.45, 2.75) is 62.7 Å². The van der Waals surface area contributed by atoms with Gasteiger partial charge in [0.2, 0.25) is 17.7 Å². The summed E-state index contributed by atoms with van der Waals surface area (Å²) in [6, 6.07) is 0.589. The van der Waals surface area contributed by atoms with Crippen molar-refractivity contribution in [1.29, 1.82) is 0 Å². The van der Waals surface area contributed by atoms with Crippen LogP contribution in [0.25, 0.3) is 0 Å². The van der Waals surface area contributed by atoms with Crippen molar-refractivity contribution >= 4 is 35.6 Å². The van der Waals surface area contributed by atoms with Crippen LogP contribution in [0.2, 0.25) is 0 Å². The number of hydrogen-bond donors (Lipinski definition) is 7. The van der Waals surface area contributed by atoms with E-state index in [-0.39, 0.29) is 31.6 Å². The number of aliphatic carboxylic acids is 3. The molecular formula is C23H30N4O10.